The Morgan fingerprint density at radius 1 is 1.21 bits per heavy atom. The Kier molecular flexibility index (Phi) is 6.00. The van der Waals surface area contributed by atoms with Crippen LogP contribution in [0.2, 0.25) is 0 Å². The number of nitrogens with zero attached hydrogens (tertiary/aromatic N) is 2. The molecule has 3 aliphatic carbocycles. The van der Waals surface area contributed by atoms with Crippen LogP contribution in [0.5, 0.6) is 0 Å². The van der Waals surface area contributed by atoms with E-state index in [0.717, 1.165) is 44.1 Å². The fraction of sp³-hybridized carbons (Fsp3) is 0.500. The number of aromatic nitrogens is 2. The number of rotatable bonds is 5. The van der Waals surface area contributed by atoms with E-state index in [4.69, 9.17) is 0 Å². The average Bonchev–Trinajstić information content (AvgIpc) is 3.06. The zero-order valence-electron chi connectivity index (χ0n) is 20.0. The van der Waals surface area contributed by atoms with Crippen LogP contribution in [0, 0.1) is 30.1 Å². The minimum absolute atomic E-state index is 0.00692. The van der Waals surface area contributed by atoms with E-state index in [1.807, 2.05) is 13.0 Å². The highest BCUT2D eigenvalue weighted by Crippen LogP contribution is 2.63. The molecular weight excluding hydrogens is 426 g/mol. The number of Topliss-reactive ketones (excluding diaryl/α,β-unsaturated/α-hetero) is 1. The standard InChI is InChI=1S/C28H33N3O3/c1-17-10-13-24(31-30-17)29-25(33)9-5-8-21-23(16-32)27(34)28(2)15-14-20-19-7-4-3-6-18(19)11-12-22(20)26(21)28/h3-4,6-7,10,13,16,20-22,26,32H,5,8-9,11-12,14-15H2,1-2H3,(H,29,31,33)/b23-16-/t20?,21-,22?,26?,28+/m1/s1. The molecule has 178 valence electrons. The second kappa shape index (κ2) is 8.97. The van der Waals surface area contributed by atoms with Crippen LogP contribution in [0.3, 0.4) is 0 Å². The number of carbonyl (C=O) groups excluding carboxylic acids is 2. The molecule has 0 aliphatic heterocycles. The summed E-state index contributed by atoms with van der Waals surface area (Å²) in [5, 5.41) is 20.8. The topological polar surface area (TPSA) is 92.2 Å². The normalized spacial score (nSPS) is 31.0. The van der Waals surface area contributed by atoms with Crippen molar-refractivity contribution in [3.8, 4) is 0 Å². The second-order valence-corrected chi connectivity index (χ2v) is 10.5. The number of benzene rings is 1. The largest absolute Gasteiger partial charge is 0.515 e. The third kappa shape index (κ3) is 3.83. The van der Waals surface area contributed by atoms with Crippen LogP contribution >= 0.6 is 0 Å². The van der Waals surface area contributed by atoms with Crippen LogP contribution in [-0.2, 0) is 16.0 Å². The number of anilines is 1. The van der Waals surface area contributed by atoms with Crippen LogP contribution in [-0.4, -0.2) is 27.0 Å². The van der Waals surface area contributed by atoms with Gasteiger partial charge in [-0.25, -0.2) is 0 Å². The number of allylic oxidation sites excluding steroid dienone is 1. The minimum atomic E-state index is -0.424. The number of aliphatic hydroxyl groups excluding tert-OH is 1. The first kappa shape index (κ1) is 22.8. The first-order chi connectivity index (χ1) is 16.4. The molecule has 1 heterocycles. The van der Waals surface area contributed by atoms with E-state index in [-0.39, 0.29) is 23.5 Å². The molecule has 3 unspecified atom stereocenters. The Morgan fingerprint density at radius 2 is 2.03 bits per heavy atom. The van der Waals surface area contributed by atoms with Gasteiger partial charge < -0.3 is 10.4 Å². The number of nitrogens with one attached hydrogen (secondary N) is 1. The zero-order valence-corrected chi connectivity index (χ0v) is 20.0. The molecule has 0 saturated heterocycles. The maximum atomic E-state index is 13.5. The van der Waals surface area contributed by atoms with Crippen molar-refractivity contribution < 1.29 is 14.7 Å². The third-order valence-electron chi connectivity index (χ3n) is 8.63. The molecule has 0 radical (unpaired) electrons. The van der Waals surface area contributed by atoms with Crippen LogP contribution in [0.25, 0.3) is 0 Å². The van der Waals surface area contributed by atoms with E-state index in [0.29, 0.717) is 36.1 Å². The third-order valence-corrected chi connectivity index (χ3v) is 8.63. The predicted octanol–water partition coefficient (Wildman–Crippen LogP) is 5.30. The highest BCUT2D eigenvalue weighted by atomic mass is 16.2. The van der Waals surface area contributed by atoms with Crippen LogP contribution < -0.4 is 5.32 Å². The van der Waals surface area contributed by atoms with Gasteiger partial charge in [-0.15, -0.1) is 5.10 Å². The molecule has 0 spiro atoms. The summed E-state index contributed by atoms with van der Waals surface area (Å²) >= 11 is 0. The highest BCUT2D eigenvalue weighted by molar-refractivity contribution is 6.03. The maximum absolute atomic E-state index is 13.5. The summed E-state index contributed by atoms with van der Waals surface area (Å²) < 4.78 is 0. The molecule has 2 aromatic rings. The van der Waals surface area contributed by atoms with Gasteiger partial charge in [-0.2, -0.15) is 5.10 Å². The fourth-order valence-electron chi connectivity index (χ4n) is 7.11. The van der Waals surface area contributed by atoms with Gasteiger partial charge in [0.25, 0.3) is 0 Å². The number of fused-ring (bicyclic) bond motifs is 5. The van der Waals surface area contributed by atoms with E-state index in [9.17, 15) is 14.7 Å². The summed E-state index contributed by atoms with van der Waals surface area (Å²) in [4.78, 5) is 26.0. The van der Waals surface area contributed by atoms with Gasteiger partial charge in [0, 0.05) is 17.4 Å². The first-order valence-electron chi connectivity index (χ1n) is 12.5. The van der Waals surface area contributed by atoms with Crippen molar-refractivity contribution in [2.75, 3.05) is 5.32 Å². The average molecular weight is 460 g/mol. The number of carbonyl (C=O) groups is 2. The molecule has 1 aromatic heterocycles. The van der Waals surface area contributed by atoms with Crippen molar-refractivity contribution in [2.24, 2.45) is 23.2 Å². The lowest BCUT2D eigenvalue weighted by atomic mass is 9.54. The molecule has 1 amide bonds. The zero-order chi connectivity index (χ0) is 23.9. The van der Waals surface area contributed by atoms with E-state index in [2.05, 4.69) is 46.7 Å². The summed E-state index contributed by atoms with van der Waals surface area (Å²) in [7, 11) is 0. The van der Waals surface area contributed by atoms with Crippen molar-refractivity contribution in [1.29, 1.82) is 0 Å². The lowest BCUT2D eigenvalue weighted by Crippen LogP contribution is -2.44. The van der Waals surface area contributed by atoms with Gasteiger partial charge in [0.15, 0.2) is 11.6 Å². The predicted molar refractivity (Wildman–Crippen MR) is 130 cm³/mol. The summed E-state index contributed by atoms with van der Waals surface area (Å²) in [6.45, 7) is 3.96. The summed E-state index contributed by atoms with van der Waals surface area (Å²) in [6.07, 6.45) is 6.78. The van der Waals surface area contributed by atoms with Gasteiger partial charge in [0.05, 0.1) is 12.0 Å². The van der Waals surface area contributed by atoms with E-state index in [1.54, 1.807) is 6.07 Å². The summed E-state index contributed by atoms with van der Waals surface area (Å²) in [6, 6.07) is 12.3. The van der Waals surface area contributed by atoms with Crippen LogP contribution in [0.1, 0.15) is 68.2 Å². The fourth-order valence-corrected chi connectivity index (χ4v) is 7.11. The lowest BCUT2D eigenvalue weighted by Gasteiger charge is -2.49. The Morgan fingerprint density at radius 3 is 2.79 bits per heavy atom. The molecule has 3 aliphatic rings. The Bertz CT molecular complexity index is 1130. The number of aryl methyl sites for hydroxylation is 2. The van der Waals surface area contributed by atoms with Crippen molar-refractivity contribution in [3.63, 3.8) is 0 Å². The maximum Gasteiger partial charge on any atom is 0.225 e. The number of hydrogen-bond acceptors (Lipinski definition) is 5. The van der Waals surface area contributed by atoms with Crippen molar-refractivity contribution in [2.45, 2.75) is 64.7 Å². The first-order valence-corrected chi connectivity index (χ1v) is 12.5. The number of hydrogen-bond donors (Lipinski definition) is 2. The molecule has 2 N–H and O–H groups in total. The molecule has 34 heavy (non-hydrogen) atoms. The molecular formula is C28H33N3O3. The summed E-state index contributed by atoms with van der Waals surface area (Å²) in [5.41, 5.74) is 3.84. The molecule has 5 rings (SSSR count). The van der Waals surface area contributed by atoms with E-state index >= 15 is 0 Å². The molecule has 6 heteroatoms. The van der Waals surface area contributed by atoms with Gasteiger partial charge in [-0.1, -0.05) is 31.2 Å². The molecule has 2 saturated carbocycles. The molecule has 0 bridgehead atoms. The molecule has 1 aromatic carbocycles. The van der Waals surface area contributed by atoms with Crippen LogP contribution in [0.15, 0.2) is 48.2 Å². The van der Waals surface area contributed by atoms with Gasteiger partial charge >= 0.3 is 0 Å². The van der Waals surface area contributed by atoms with Crippen molar-refractivity contribution in [3.05, 3.63) is 65.1 Å². The Balaban J connectivity index is 1.32. The monoisotopic (exact) mass is 459 g/mol. The van der Waals surface area contributed by atoms with E-state index in [1.165, 1.54) is 11.1 Å². The van der Waals surface area contributed by atoms with E-state index < -0.39 is 5.41 Å². The minimum Gasteiger partial charge on any atom is -0.515 e. The van der Waals surface area contributed by atoms with Gasteiger partial charge in [-0.3, -0.25) is 9.59 Å². The van der Waals surface area contributed by atoms with Crippen molar-refractivity contribution >= 4 is 17.5 Å². The second-order valence-electron chi connectivity index (χ2n) is 10.5. The molecule has 5 atom stereocenters. The highest BCUT2D eigenvalue weighted by Gasteiger charge is 2.60. The van der Waals surface area contributed by atoms with Crippen molar-refractivity contribution in [1.82, 2.24) is 10.2 Å². The van der Waals surface area contributed by atoms with Crippen LogP contribution in [0.4, 0.5) is 5.82 Å². The quantitative estimate of drug-likeness (QED) is 0.468. The lowest BCUT2D eigenvalue weighted by molar-refractivity contribution is -0.127. The molecule has 6 nitrogen and oxygen atoms in total. The summed E-state index contributed by atoms with van der Waals surface area (Å²) in [5.74, 6) is 1.56. The SMILES string of the molecule is Cc1ccc(NC(=O)CCC[C@@H]2/C(=C/O)C(=O)[C@@]3(C)CCC4c5ccccc5CCC4C23)nn1. The van der Waals surface area contributed by atoms with Gasteiger partial charge in [-0.05, 0) is 92.4 Å². The molecule has 2 fully saturated rings. The number of ketones is 1. The number of aliphatic hydroxyl groups is 1. The Hall–Kier alpha value is -3.02. The smallest absolute Gasteiger partial charge is 0.225 e. The number of amides is 1. The Labute approximate surface area is 200 Å². The van der Waals surface area contributed by atoms with Gasteiger partial charge in [0.2, 0.25) is 5.91 Å². The van der Waals surface area contributed by atoms with Gasteiger partial charge in [0.1, 0.15) is 0 Å².